The van der Waals surface area contributed by atoms with Crippen LogP contribution < -0.4 is 0 Å². The number of likely N-dealkylation sites (tertiary alicyclic amines) is 1. The van der Waals surface area contributed by atoms with Crippen LogP contribution in [0.5, 0.6) is 0 Å². The van der Waals surface area contributed by atoms with E-state index in [0.29, 0.717) is 0 Å². The van der Waals surface area contributed by atoms with Crippen molar-refractivity contribution in [1.82, 2.24) is 19.9 Å². The fourth-order valence-corrected chi connectivity index (χ4v) is 3.96. The lowest BCUT2D eigenvalue weighted by molar-refractivity contribution is 0.269. The van der Waals surface area contributed by atoms with Crippen molar-refractivity contribution in [3.63, 3.8) is 0 Å². The maximum absolute atomic E-state index is 4.71. The fraction of sp³-hybridized carbons (Fsp3) is 0.588. The van der Waals surface area contributed by atoms with Crippen molar-refractivity contribution in [2.75, 3.05) is 13.1 Å². The third kappa shape index (κ3) is 4.11. The van der Waals surface area contributed by atoms with Gasteiger partial charge in [0.1, 0.15) is 0 Å². The monoisotopic (exact) mass is 316 g/mol. The van der Waals surface area contributed by atoms with Crippen molar-refractivity contribution in [1.29, 1.82) is 0 Å². The first kappa shape index (κ1) is 15.6. The van der Waals surface area contributed by atoms with Gasteiger partial charge in [-0.2, -0.15) is 0 Å². The second-order valence-electron chi connectivity index (χ2n) is 6.08. The molecule has 2 aromatic rings. The summed E-state index contributed by atoms with van der Waals surface area (Å²) in [6, 6.07) is 1.84. The molecule has 3 heterocycles. The minimum absolute atomic E-state index is 0.734. The van der Waals surface area contributed by atoms with Gasteiger partial charge in [-0.1, -0.05) is 19.8 Å². The molecule has 5 heteroatoms. The molecule has 0 bridgehead atoms. The summed E-state index contributed by atoms with van der Waals surface area (Å²) in [5, 5.41) is 3.08. The molecule has 1 atom stereocenters. The summed E-state index contributed by atoms with van der Waals surface area (Å²) >= 11 is 1.64. The molecule has 2 aromatic heterocycles. The van der Waals surface area contributed by atoms with Crippen molar-refractivity contribution in [3.8, 4) is 10.8 Å². The lowest BCUT2D eigenvalue weighted by Gasteiger charge is -2.18. The van der Waals surface area contributed by atoms with E-state index < -0.39 is 0 Å². The van der Waals surface area contributed by atoms with E-state index in [9.17, 15) is 0 Å². The highest BCUT2D eigenvalue weighted by Crippen LogP contribution is 2.24. The van der Waals surface area contributed by atoms with Crippen molar-refractivity contribution in [2.45, 2.75) is 45.6 Å². The first-order chi connectivity index (χ1) is 10.8. The Morgan fingerprint density at radius 2 is 2.09 bits per heavy atom. The largest absolute Gasteiger partial charge is 0.297 e. The third-order valence-corrected chi connectivity index (χ3v) is 5.22. The molecule has 0 aromatic carbocycles. The Labute approximate surface area is 136 Å². The van der Waals surface area contributed by atoms with E-state index in [-0.39, 0.29) is 0 Å². The van der Waals surface area contributed by atoms with Gasteiger partial charge in [-0.3, -0.25) is 4.90 Å². The second kappa shape index (κ2) is 7.79. The normalized spacial score (nSPS) is 20.0. The lowest BCUT2D eigenvalue weighted by Crippen LogP contribution is -2.24. The van der Waals surface area contributed by atoms with Crippen LogP contribution in [0.25, 0.3) is 10.8 Å². The number of hydrogen-bond donors (Lipinski definition) is 0. The first-order valence-corrected chi connectivity index (χ1v) is 9.17. The van der Waals surface area contributed by atoms with Crippen LogP contribution in [0.3, 0.4) is 0 Å². The number of thiazole rings is 1. The summed E-state index contributed by atoms with van der Waals surface area (Å²) in [5.41, 5.74) is 1.15. The molecule has 0 radical (unpaired) electrons. The molecule has 1 aliphatic rings. The zero-order valence-corrected chi connectivity index (χ0v) is 14.1. The number of nitrogens with zero attached hydrogens (tertiary/aromatic N) is 4. The first-order valence-electron chi connectivity index (χ1n) is 8.29. The van der Waals surface area contributed by atoms with E-state index in [2.05, 4.69) is 27.2 Å². The van der Waals surface area contributed by atoms with Crippen molar-refractivity contribution in [3.05, 3.63) is 29.5 Å². The van der Waals surface area contributed by atoms with Crippen LogP contribution in [0.2, 0.25) is 0 Å². The summed E-state index contributed by atoms with van der Waals surface area (Å²) < 4.78 is 0. The van der Waals surface area contributed by atoms with Crippen LogP contribution in [0.15, 0.2) is 23.8 Å². The molecule has 0 unspecified atom stereocenters. The van der Waals surface area contributed by atoms with Gasteiger partial charge in [0.05, 0.1) is 5.69 Å². The van der Waals surface area contributed by atoms with E-state index in [4.69, 9.17) is 4.98 Å². The molecule has 0 N–H and O–H groups in total. The van der Waals surface area contributed by atoms with Gasteiger partial charge in [0.2, 0.25) is 0 Å². The highest BCUT2D eigenvalue weighted by atomic mass is 32.1. The van der Waals surface area contributed by atoms with E-state index in [1.54, 1.807) is 23.7 Å². The smallest absolute Gasteiger partial charge is 0.188 e. The van der Waals surface area contributed by atoms with Gasteiger partial charge in [-0.05, 0) is 44.3 Å². The zero-order chi connectivity index (χ0) is 15.2. The lowest BCUT2D eigenvalue weighted by atomic mass is 9.96. The minimum Gasteiger partial charge on any atom is -0.297 e. The summed E-state index contributed by atoms with van der Waals surface area (Å²) in [5.74, 6) is 1.66. The van der Waals surface area contributed by atoms with E-state index >= 15 is 0 Å². The molecule has 0 saturated carbocycles. The average Bonchev–Trinajstić information content (AvgIpc) is 2.90. The van der Waals surface area contributed by atoms with Gasteiger partial charge < -0.3 is 0 Å². The molecule has 22 heavy (non-hydrogen) atoms. The molecule has 0 aliphatic carbocycles. The predicted octanol–water partition coefficient (Wildman–Crippen LogP) is 4.00. The quantitative estimate of drug-likeness (QED) is 0.836. The van der Waals surface area contributed by atoms with Crippen LogP contribution in [-0.2, 0) is 6.54 Å². The molecular weight excluding hydrogens is 292 g/mol. The average molecular weight is 316 g/mol. The minimum atomic E-state index is 0.734. The van der Waals surface area contributed by atoms with Gasteiger partial charge in [-0.25, -0.2) is 15.0 Å². The predicted molar refractivity (Wildman–Crippen MR) is 90.7 cm³/mol. The molecule has 4 nitrogen and oxygen atoms in total. The van der Waals surface area contributed by atoms with Gasteiger partial charge in [-0.15, -0.1) is 11.3 Å². The Bertz CT molecular complexity index is 569. The summed E-state index contributed by atoms with van der Waals surface area (Å²) in [7, 11) is 0. The van der Waals surface area contributed by atoms with Crippen LogP contribution in [0, 0.1) is 5.92 Å². The molecule has 1 aliphatic heterocycles. The zero-order valence-electron chi connectivity index (χ0n) is 13.2. The molecular formula is C17H24N4S. The fourth-order valence-electron chi connectivity index (χ4n) is 3.20. The number of aromatic nitrogens is 3. The van der Waals surface area contributed by atoms with Crippen LogP contribution in [0.1, 0.15) is 44.7 Å². The highest BCUT2D eigenvalue weighted by molar-refractivity contribution is 7.13. The third-order valence-electron chi connectivity index (χ3n) is 4.33. The van der Waals surface area contributed by atoms with E-state index in [1.165, 1.54) is 45.2 Å². The Balaban J connectivity index is 1.58. The molecule has 0 spiro atoms. The van der Waals surface area contributed by atoms with Gasteiger partial charge >= 0.3 is 0 Å². The van der Waals surface area contributed by atoms with Crippen molar-refractivity contribution < 1.29 is 0 Å². The van der Waals surface area contributed by atoms with Gasteiger partial charge in [0, 0.05) is 24.3 Å². The molecule has 0 amide bonds. The molecule has 1 fully saturated rings. The van der Waals surface area contributed by atoms with E-state index in [1.807, 2.05) is 6.07 Å². The summed E-state index contributed by atoms with van der Waals surface area (Å²) in [6.45, 7) is 5.67. The molecule has 1 saturated heterocycles. The van der Waals surface area contributed by atoms with E-state index in [0.717, 1.165) is 29.0 Å². The Kier molecular flexibility index (Phi) is 5.51. The Morgan fingerprint density at radius 1 is 1.23 bits per heavy atom. The maximum atomic E-state index is 4.71. The summed E-state index contributed by atoms with van der Waals surface area (Å²) in [4.78, 5) is 15.8. The topological polar surface area (TPSA) is 41.9 Å². The van der Waals surface area contributed by atoms with Crippen molar-refractivity contribution >= 4 is 11.3 Å². The molecule has 118 valence electrons. The standard InChI is InChI=1S/C17H24N4S/c1-2-5-14-6-3-10-21(11-7-14)12-15-13-22-17(20-15)16-18-8-4-9-19-16/h4,8-9,13-14H,2-3,5-7,10-12H2,1H3/t14-/m0/s1. The van der Waals surface area contributed by atoms with Crippen LogP contribution in [-0.4, -0.2) is 32.9 Å². The second-order valence-corrected chi connectivity index (χ2v) is 6.94. The van der Waals surface area contributed by atoms with Crippen LogP contribution >= 0.6 is 11.3 Å². The number of hydrogen-bond acceptors (Lipinski definition) is 5. The number of rotatable bonds is 5. The van der Waals surface area contributed by atoms with Crippen LogP contribution in [0.4, 0.5) is 0 Å². The Morgan fingerprint density at radius 3 is 2.91 bits per heavy atom. The maximum Gasteiger partial charge on any atom is 0.188 e. The molecule has 3 rings (SSSR count). The Hall–Kier alpha value is -1.33. The summed E-state index contributed by atoms with van der Waals surface area (Å²) in [6.07, 6.45) is 10.3. The SMILES string of the molecule is CCC[C@H]1CCCN(Cc2csc(-c3ncccn3)n2)CC1. The van der Waals surface area contributed by atoms with Crippen molar-refractivity contribution in [2.24, 2.45) is 5.92 Å². The van der Waals surface area contributed by atoms with Gasteiger partial charge in [0.15, 0.2) is 10.8 Å². The van der Waals surface area contributed by atoms with Gasteiger partial charge in [0.25, 0.3) is 0 Å². The highest BCUT2D eigenvalue weighted by Gasteiger charge is 2.17.